The summed E-state index contributed by atoms with van der Waals surface area (Å²) in [5.41, 5.74) is -0.153. The van der Waals surface area contributed by atoms with Crippen molar-refractivity contribution in [2.24, 2.45) is 0 Å². The maximum atomic E-state index is 11.4. The summed E-state index contributed by atoms with van der Waals surface area (Å²) in [6, 6.07) is 0.417. The predicted molar refractivity (Wildman–Crippen MR) is 76.5 cm³/mol. The average Bonchev–Trinajstić information content (AvgIpc) is 3.13. The molecule has 1 aliphatic rings. The van der Waals surface area contributed by atoms with Crippen molar-refractivity contribution in [1.82, 2.24) is 15.3 Å². The van der Waals surface area contributed by atoms with Crippen LogP contribution in [0.4, 0.5) is 5.82 Å². The fourth-order valence-corrected chi connectivity index (χ4v) is 1.98. The highest BCUT2D eigenvalue weighted by Gasteiger charge is 2.22. The minimum atomic E-state index is -0.153. The molecule has 1 heterocycles. The normalized spacial score (nSPS) is 14.3. The van der Waals surface area contributed by atoms with Crippen LogP contribution in [0.15, 0.2) is 11.1 Å². The summed E-state index contributed by atoms with van der Waals surface area (Å²) >= 11 is 1.95. The number of halogens is 1. The Balaban J connectivity index is 1.69. The zero-order valence-corrected chi connectivity index (χ0v) is 12.0. The maximum Gasteiger partial charge on any atom is 0.266 e. The van der Waals surface area contributed by atoms with Crippen LogP contribution < -0.4 is 16.2 Å². The van der Waals surface area contributed by atoms with Crippen LogP contribution in [0.5, 0.6) is 0 Å². The van der Waals surface area contributed by atoms with E-state index in [1.807, 2.05) is 22.6 Å². The number of aromatic nitrogens is 2. The second-order valence-corrected chi connectivity index (χ2v) is 5.35. The summed E-state index contributed by atoms with van der Waals surface area (Å²) in [7, 11) is 0. The molecular formula is C11H15IN4O2. The summed E-state index contributed by atoms with van der Waals surface area (Å²) in [5.74, 6) is 0.676. The van der Waals surface area contributed by atoms with Crippen LogP contribution >= 0.6 is 22.6 Å². The lowest BCUT2D eigenvalue weighted by Gasteiger charge is -2.06. The van der Waals surface area contributed by atoms with Gasteiger partial charge in [0.25, 0.3) is 5.56 Å². The Morgan fingerprint density at radius 1 is 1.56 bits per heavy atom. The van der Waals surface area contributed by atoms with Crippen molar-refractivity contribution < 1.29 is 4.79 Å². The van der Waals surface area contributed by atoms with Gasteiger partial charge < -0.3 is 15.6 Å². The lowest BCUT2D eigenvalue weighted by Crippen LogP contribution is -2.25. The fraction of sp³-hybridized carbons (Fsp3) is 0.545. The smallest absolute Gasteiger partial charge is 0.266 e. The van der Waals surface area contributed by atoms with Gasteiger partial charge in [0.2, 0.25) is 5.91 Å². The first-order valence-electron chi connectivity index (χ1n) is 5.93. The Morgan fingerprint density at radius 3 is 3.06 bits per heavy atom. The highest BCUT2D eigenvalue weighted by atomic mass is 127. The van der Waals surface area contributed by atoms with Crippen molar-refractivity contribution in [3.8, 4) is 0 Å². The van der Waals surface area contributed by atoms with Gasteiger partial charge >= 0.3 is 0 Å². The number of carbonyl (C=O) groups excluding carboxylic acids is 1. The van der Waals surface area contributed by atoms with Gasteiger partial charge in [-0.25, -0.2) is 4.98 Å². The Kier molecular flexibility index (Phi) is 4.56. The number of H-pyrrole nitrogens is 1. The summed E-state index contributed by atoms with van der Waals surface area (Å²) in [6.07, 6.45) is 4.82. The van der Waals surface area contributed by atoms with Crippen LogP contribution in [0.25, 0.3) is 0 Å². The number of carbonyl (C=O) groups is 1. The van der Waals surface area contributed by atoms with Crippen molar-refractivity contribution in [1.29, 1.82) is 0 Å². The van der Waals surface area contributed by atoms with E-state index >= 15 is 0 Å². The summed E-state index contributed by atoms with van der Waals surface area (Å²) in [6.45, 7) is 0.630. The zero-order valence-electron chi connectivity index (χ0n) is 9.83. The van der Waals surface area contributed by atoms with Gasteiger partial charge in [-0.15, -0.1) is 0 Å². The second-order valence-electron chi connectivity index (χ2n) is 4.27. The molecule has 7 heteroatoms. The van der Waals surface area contributed by atoms with Crippen molar-refractivity contribution >= 4 is 34.3 Å². The number of hydrogen-bond donors (Lipinski definition) is 3. The number of hydrogen-bond acceptors (Lipinski definition) is 4. The van der Waals surface area contributed by atoms with E-state index in [9.17, 15) is 9.59 Å². The lowest BCUT2D eigenvalue weighted by molar-refractivity contribution is -0.121. The molecule has 0 unspecified atom stereocenters. The number of anilines is 1. The molecule has 0 bridgehead atoms. The molecule has 0 aromatic carbocycles. The van der Waals surface area contributed by atoms with Gasteiger partial charge in [-0.05, 0) is 41.9 Å². The van der Waals surface area contributed by atoms with Crippen molar-refractivity contribution in [2.75, 3.05) is 11.9 Å². The van der Waals surface area contributed by atoms with Gasteiger partial charge in [0.15, 0.2) is 0 Å². The molecule has 1 aromatic rings. The fourth-order valence-electron chi connectivity index (χ4n) is 1.49. The van der Waals surface area contributed by atoms with E-state index in [1.165, 1.54) is 6.33 Å². The SMILES string of the molecule is O=C(CCCNc1nc[nH]c(=O)c1I)NC1CC1. The van der Waals surface area contributed by atoms with E-state index in [1.54, 1.807) is 0 Å². The Morgan fingerprint density at radius 2 is 2.33 bits per heavy atom. The molecule has 1 aromatic heterocycles. The number of aromatic amines is 1. The molecule has 1 fully saturated rings. The standard InChI is InChI=1S/C11H15IN4O2/c12-9-10(14-6-15-11(9)18)13-5-1-2-8(17)16-7-3-4-7/h6-7H,1-5H2,(H,16,17)(H2,13,14,15,18). The molecule has 3 N–H and O–H groups in total. The molecule has 1 saturated carbocycles. The molecule has 0 radical (unpaired) electrons. The van der Waals surface area contributed by atoms with E-state index in [0.717, 1.165) is 19.3 Å². The minimum Gasteiger partial charge on any atom is -0.369 e. The van der Waals surface area contributed by atoms with E-state index in [4.69, 9.17) is 0 Å². The van der Waals surface area contributed by atoms with Gasteiger partial charge in [-0.1, -0.05) is 0 Å². The molecule has 0 saturated heterocycles. The van der Waals surface area contributed by atoms with Gasteiger partial charge in [-0.2, -0.15) is 0 Å². The van der Waals surface area contributed by atoms with Gasteiger partial charge in [0.1, 0.15) is 9.39 Å². The predicted octanol–water partition coefficient (Wildman–Crippen LogP) is 0.845. The molecule has 0 spiro atoms. The quantitative estimate of drug-likeness (QED) is 0.517. The number of amides is 1. The molecule has 2 rings (SSSR count). The Labute approximate surface area is 118 Å². The molecule has 6 nitrogen and oxygen atoms in total. The summed E-state index contributed by atoms with van der Waals surface area (Å²) in [4.78, 5) is 29.3. The number of rotatable bonds is 6. The van der Waals surface area contributed by atoms with Crippen molar-refractivity contribution in [2.45, 2.75) is 31.7 Å². The van der Waals surface area contributed by atoms with Crippen LogP contribution in [-0.4, -0.2) is 28.5 Å². The van der Waals surface area contributed by atoms with Gasteiger partial charge in [0, 0.05) is 19.0 Å². The monoisotopic (exact) mass is 362 g/mol. The highest BCUT2D eigenvalue weighted by Crippen LogP contribution is 2.18. The van der Waals surface area contributed by atoms with Crippen LogP contribution in [-0.2, 0) is 4.79 Å². The van der Waals surface area contributed by atoms with E-state index in [-0.39, 0.29) is 11.5 Å². The topological polar surface area (TPSA) is 86.9 Å². The van der Waals surface area contributed by atoms with Gasteiger partial charge in [0.05, 0.1) is 6.33 Å². The Bertz CT molecular complexity index is 484. The molecule has 98 valence electrons. The summed E-state index contributed by atoms with van der Waals surface area (Å²) < 4.78 is 0.539. The highest BCUT2D eigenvalue weighted by molar-refractivity contribution is 14.1. The molecule has 0 aliphatic heterocycles. The van der Waals surface area contributed by atoms with Crippen LogP contribution in [0.2, 0.25) is 0 Å². The van der Waals surface area contributed by atoms with Crippen molar-refractivity contribution in [3.05, 3.63) is 20.3 Å². The third kappa shape index (κ3) is 3.97. The molecule has 0 atom stereocenters. The maximum absolute atomic E-state index is 11.4. The largest absolute Gasteiger partial charge is 0.369 e. The minimum absolute atomic E-state index is 0.105. The third-order valence-corrected chi connectivity index (χ3v) is 3.61. The number of nitrogens with one attached hydrogen (secondary N) is 3. The first-order chi connectivity index (χ1) is 8.66. The first-order valence-corrected chi connectivity index (χ1v) is 7.01. The molecule has 1 amide bonds. The van der Waals surface area contributed by atoms with E-state index < -0.39 is 0 Å². The zero-order chi connectivity index (χ0) is 13.0. The molecular weight excluding hydrogens is 347 g/mol. The van der Waals surface area contributed by atoms with Crippen molar-refractivity contribution in [3.63, 3.8) is 0 Å². The van der Waals surface area contributed by atoms with E-state index in [0.29, 0.717) is 28.4 Å². The number of nitrogens with zero attached hydrogens (tertiary/aromatic N) is 1. The average molecular weight is 362 g/mol. The summed E-state index contributed by atoms with van der Waals surface area (Å²) in [5, 5.41) is 5.99. The van der Waals surface area contributed by atoms with Gasteiger partial charge in [-0.3, -0.25) is 9.59 Å². The Hall–Kier alpha value is -1.12. The second kappa shape index (κ2) is 6.17. The first kappa shape index (κ1) is 13.3. The van der Waals surface area contributed by atoms with Crippen LogP contribution in [0.3, 0.4) is 0 Å². The van der Waals surface area contributed by atoms with Crippen LogP contribution in [0.1, 0.15) is 25.7 Å². The third-order valence-electron chi connectivity index (χ3n) is 2.61. The molecule has 1 aliphatic carbocycles. The van der Waals surface area contributed by atoms with Crippen LogP contribution in [0, 0.1) is 3.57 Å². The van der Waals surface area contributed by atoms with E-state index in [2.05, 4.69) is 20.6 Å². The lowest BCUT2D eigenvalue weighted by atomic mass is 10.3. The molecule has 18 heavy (non-hydrogen) atoms.